The SMILES string of the molecule is Cc1nc(CNC(=O)c2cn(-c3nc(NC4CCOCC4)ncc3C)cn2)c(C)s1. The molecule has 0 atom stereocenters. The fraction of sp³-hybridized carbons (Fsp3) is 0.450. The van der Waals surface area contributed by atoms with Gasteiger partial charge in [0, 0.05) is 42.1 Å². The highest BCUT2D eigenvalue weighted by Gasteiger charge is 2.17. The maximum absolute atomic E-state index is 12.5. The number of aromatic nitrogens is 5. The zero-order valence-electron chi connectivity index (χ0n) is 17.3. The topological polar surface area (TPSA) is 107 Å². The van der Waals surface area contributed by atoms with Gasteiger partial charge in [0.15, 0.2) is 0 Å². The van der Waals surface area contributed by atoms with E-state index in [9.17, 15) is 4.79 Å². The van der Waals surface area contributed by atoms with Crippen LogP contribution in [0.15, 0.2) is 18.7 Å². The van der Waals surface area contributed by atoms with Crippen LogP contribution < -0.4 is 10.6 Å². The molecule has 0 bridgehead atoms. The van der Waals surface area contributed by atoms with E-state index in [0.717, 1.165) is 47.2 Å². The molecule has 4 rings (SSSR count). The van der Waals surface area contributed by atoms with Crippen molar-refractivity contribution in [3.63, 3.8) is 0 Å². The third-order valence-corrected chi connectivity index (χ3v) is 5.90. The number of hydrogen-bond acceptors (Lipinski definition) is 8. The molecule has 0 saturated carbocycles. The molecule has 3 aromatic heterocycles. The second-order valence-corrected chi connectivity index (χ2v) is 8.72. The van der Waals surface area contributed by atoms with Gasteiger partial charge in [-0.15, -0.1) is 11.3 Å². The van der Waals surface area contributed by atoms with Crippen LogP contribution >= 0.6 is 11.3 Å². The smallest absolute Gasteiger partial charge is 0.271 e. The quantitative estimate of drug-likeness (QED) is 0.623. The lowest BCUT2D eigenvalue weighted by Gasteiger charge is -2.23. The molecule has 1 aliphatic rings. The molecular formula is C20H25N7O2S. The molecule has 0 unspecified atom stereocenters. The van der Waals surface area contributed by atoms with Gasteiger partial charge in [-0.25, -0.2) is 15.0 Å². The van der Waals surface area contributed by atoms with Crippen molar-refractivity contribution in [1.82, 2.24) is 29.8 Å². The van der Waals surface area contributed by atoms with Crippen molar-refractivity contribution >= 4 is 23.2 Å². The number of imidazole rings is 1. The van der Waals surface area contributed by atoms with Gasteiger partial charge in [0.25, 0.3) is 5.91 Å². The molecule has 0 aromatic carbocycles. The Kier molecular flexibility index (Phi) is 6.05. The molecule has 1 saturated heterocycles. The molecular weight excluding hydrogens is 402 g/mol. The Labute approximate surface area is 179 Å². The van der Waals surface area contributed by atoms with Crippen LogP contribution in [0.25, 0.3) is 5.82 Å². The third-order valence-electron chi connectivity index (χ3n) is 4.98. The van der Waals surface area contributed by atoms with Crippen molar-refractivity contribution < 1.29 is 9.53 Å². The molecule has 0 aliphatic carbocycles. The first-order valence-corrected chi connectivity index (χ1v) is 10.7. The molecule has 3 aromatic rings. The first kappa shape index (κ1) is 20.4. The molecule has 1 amide bonds. The van der Waals surface area contributed by atoms with Crippen molar-refractivity contribution in [2.75, 3.05) is 18.5 Å². The predicted octanol–water partition coefficient (Wildman–Crippen LogP) is 2.56. The Morgan fingerprint density at radius 2 is 2.03 bits per heavy atom. The van der Waals surface area contributed by atoms with E-state index in [4.69, 9.17) is 4.74 Å². The number of amides is 1. The normalized spacial score (nSPS) is 14.6. The van der Waals surface area contributed by atoms with Crippen molar-refractivity contribution in [2.45, 2.75) is 46.2 Å². The first-order valence-electron chi connectivity index (χ1n) is 9.93. The summed E-state index contributed by atoms with van der Waals surface area (Å²) in [6, 6.07) is 0.302. The summed E-state index contributed by atoms with van der Waals surface area (Å²) < 4.78 is 7.15. The Morgan fingerprint density at radius 1 is 1.23 bits per heavy atom. The number of thiazole rings is 1. The van der Waals surface area contributed by atoms with E-state index < -0.39 is 0 Å². The highest BCUT2D eigenvalue weighted by molar-refractivity contribution is 7.11. The minimum atomic E-state index is -0.244. The number of anilines is 1. The van der Waals surface area contributed by atoms with Crippen LogP contribution in [0.3, 0.4) is 0 Å². The van der Waals surface area contributed by atoms with Crippen LogP contribution in [0.1, 0.15) is 44.5 Å². The lowest BCUT2D eigenvalue weighted by Crippen LogP contribution is -2.28. The minimum Gasteiger partial charge on any atom is -0.381 e. The van der Waals surface area contributed by atoms with Gasteiger partial charge < -0.3 is 15.4 Å². The molecule has 10 heteroatoms. The summed E-state index contributed by atoms with van der Waals surface area (Å²) in [4.78, 5) is 31.4. The van der Waals surface area contributed by atoms with E-state index in [1.165, 1.54) is 0 Å². The number of rotatable bonds is 6. The van der Waals surface area contributed by atoms with Gasteiger partial charge in [-0.2, -0.15) is 4.98 Å². The summed E-state index contributed by atoms with van der Waals surface area (Å²) in [5.74, 6) is 1.01. The van der Waals surface area contributed by atoms with Crippen LogP contribution in [-0.4, -0.2) is 49.7 Å². The number of nitrogens with one attached hydrogen (secondary N) is 2. The maximum atomic E-state index is 12.5. The summed E-state index contributed by atoms with van der Waals surface area (Å²) in [5.41, 5.74) is 2.11. The van der Waals surface area contributed by atoms with Gasteiger partial charge in [-0.05, 0) is 33.6 Å². The number of nitrogens with zero attached hydrogens (tertiary/aromatic N) is 5. The van der Waals surface area contributed by atoms with E-state index in [2.05, 4.69) is 30.6 Å². The van der Waals surface area contributed by atoms with Gasteiger partial charge in [0.05, 0.1) is 17.2 Å². The standard InChI is InChI=1S/C20H25N7O2S/c1-12-8-22-20(25-15-4-6-29-7-5-15)26-18(12)27-10-17(23-11-27)19(28)21-9-16-13(2)30-14(3)24-16/h8,10-11,15H,4-7,9H2,1-3H3,(H,21,28)(H,22,25,26). The van der Waals surface area contributed by atoms with Crippen LogP contribution in [0.4, 0.5) is 5.95 Å². The van der Waals surface area contributed by atoms with Crippen LogP contribution in [0, 0.1) is 20.8 Å². The monoisotopic (exact) mass is 427 g/mol. The van der Waals surface area contributed by atoms with Gasteiger partial charge >= 0.3 is 0 Å². The molecule has 0 radical (unpaired) electrons. The van der Waals surface area contributed by atoms with Gasteiger partial charge in [0.1, 0.15) is 17.8 Å². The lowest BCUT2D eigenvalue weighted by atomic mass is 10.1. The molecule has 1 aliphatic heterocycles. The van der Waals surface area contributed by atoms with Gasteiger partial charge in [-0.3, -0.25) is 9.36 Å². The third kappa shape index (κ3) is 4.65. The summed E-state index contributed by atoms with van der Waals surface area (Å²) in [5, 5.41) is 7.25. The fourth-order valence-corrected chi connectivity index (χ4v) is 4.17. The van der Waals surface area contributed by atoms with Crippen molar-refractivity contribution in [3.05, 3.63) is 45.6 Å². The number of carbonyl (C=O) groups excluding carboxylic acids is 1. The van der Waals surface area contributed by atoms with E-state index in [-0.39, 0.29) is 5.91 Å². The summed E-state index contributed by atoms with van der Waals surface area (Å²) in [7, 11) is 0. The van der Waals surface area contributed by atoms with Crippen molar-refractivity contribution in [1.29, 1.82) is 0 Å². The highest BCUT2D eigenvalue weighted by atomic mass is 32.1. The van der Waals surface area contributed by atoms with Crippen molar-refractivity contribution in [2.24, 2.45) is 0 Å². The fourth-order valence-electron chi connectivity index (χ4n) is 3.33. The largest absolute Gasteiger partial charge is 0.381 e. The highest BCUT2D eigenvalue weighted by Crippen LogP contribution is 2.18. The molecule has 158 valence electrons. The number of hydrogen-bond donors (Lipinski definition) is 2. The molecule has 2 N–H and O–H groups in total. The second-order valence-electron chi connectivity index (χ2n) is 7.32. The summed E-state index contributed by atoms with van der Waals surface area (Å²) in [6.07, 6.45) is 6.92. The van der Waals surface area contributed by atoms with E-state index in [1.54, 1.807) is 34.6 Å². The Bertz CT molecular complexity index is 1040. The Hall–Kier alpha value is -2.85. The second kappa shape index (κ2) is 8.88. The van der Waals surface area contributed by atoms with Crippen LogP contribution in [0.5, 0.6) is 0 Å². The van der Waals surface area contributed by atoms with E-state index in [1.807, 2.05) is 20.8 Å². The van der Waals surface area contributed by atoms with Gasteiger partial charge in [0.2, 0.25) is 5.95 Å². The zero-order chi connectivity index (χ0) is 21.1. The predicted molar refractivity (Wildman–Crippen MR) is 114 cm³/mol. The average molecular weight is 428 g/mol. The Balaban J connectivity index is 1.45. The van der Waals surface area contributed by atoms with Crippen LogP contribution in [-0.2, 0) is 11.3 Å². The molecule has 0 spiro atoms. The first-order chi connectivity index (χ1) is 14.5. The van der Waals surface area contributed by atoms with E-state index in [0.29, 0.717) is 30.0 Å². The van der Waals surface area contributed by atoms with Gasteiger partial charge in [-0.1, -0.05) is 0 Å². The average Bonchev–Trinajstić information content (AvgIpc) is 3.35. The van der Waals surface area contributed by atoms with Crippen LogP contribution in [0.2, 0.25) is 0 Å². The van der Waals surface area contributed by atoms with Crippen molar-refractivity contribution in [3.8, 4) is 5.82 Å². The van der Waals surface area contributed by atoms with E-state index >= 15 is 0 Å². The summed E-state index contributed by atoms with van der Waals surface area (Å²) >= 11 is 1.62. The number of carbonyl (C=O) groups is 1. The molecule has 9 nitrogen and oxygen atoms in total. The lowest BCUT2D eigenvalue weighted by molar-refractivity contribution is 0.0903. The zero-order valence-corrected chi connectivity index (χ0v) is 18.1. The maximum Gasteiger partial charge on any atom is 0.271 e. The molecule has 4 heterocycles. The Morgan fingerprint density at radius 3 is 2.77 bits per heavy atom. The number of ether oxygens (including phenoxy) is 1. The minimum absolute atomic E-state index is 0.244. The number of aryl methyl sites for hydroxylation is 3. The molecule has 30 heavy (non-hydrogen) atoms. The molecule has 1 fully saturated rings. The summed E-state index contributed by atoms with van der Waals surface area (Å²) in [6.45, 7) is 7.77.